The number of benzene rings is 2. The van der Waals surface area contributed by atoms with Crippen molar-refractivity contribution in [2.75, 3.05) is 17.2 Å². The number of para-hydroxylation sites is 2. The van der Waals surface area contributed by atoms with E-state index in [0.717, 1.165) is 16.7 Å². The number of carbonyl (C=O) groups is 1. The Morgan fingerprint density at radius 1 is 0.966 bits per heavy atom. The highest BCUT2D eigenvalue weighted by molar-refractivity contribution is 6.00. The van der Waals surface area contributed by atoms with E-state index in [9.17, 15) is 9.59 Å². The summed E-state index contributed by atoms with van der Waals surface area (Å²) >= 11 is 0. The third-order valence-corrected chi connectivity index (χ3v) is 4.38. The summed E-state index contributed by atoms with van der Waals surface area (Å²) in [6.45, 7) is 6.71. The molecule has 6 heteroatoms. The van der Waals surface area contributed by atoms with Crippen molar-refractivity contribution in [1.82, 2.24) is 4.57 Å². The van der Waals surface area contributed by atoms with E-state index in [1.54, 1.807) is 35.0 Å². The highest BCUT2D eigenvalue weighted by Gasteiger charge is 2.11. The number of nitrogens with one attached hydrogen (secondary N) is 2. The number of hydrogen-bond donors (Lipinski definition) is 2. The summed E-state index contributed by atoms with van der Waals surface area (Å²) in [6, 6.07) is 16.3. The fourth-order valence-electron chi connectivity index (χ4n) is 3.01. The fourth-order valence-corrected chi connectivity index (χ4v) is 3.01. The van der Waals surface area contributed by atoms with Gasteiger partial charge in [0.25, 0.3) is 5.56 Å². The molecule has 2 amide bonds. The van der Waals surface area contributed by atoms with Crippen molar-refractivity contribution >= 4 is 17.4 Å². The summed E-state index contributed by atoms with van der Waals surface area (Å²) in [5.41, 5.74) is 3.56. The second kappa shape index (κ2) is 9.10. The molecule has 0 fully saturated rings. The van der Waals surface area contributed by atoms with Crippen LogP contribution in [0.4, 0.5) is 16.2 Å². The number of aromatic nitrogens is 1. The van der Waals surface area contributed by atoms with Crippen molar-refractivity contribution in [2.45, 2.75) is 27.3 Å². The van der Waals surface area contributed by atoms with Crippen molar-refractivity contribution in [2.24, 2.45) is 0 Å². The van der Waals surface area contributed by atoms with Gasteiger partial charge in [-0.1, -0.05) is 42.0 Å². The zero-order valence-corrected chi connectivity index (χ0v) is 16.9. The molecule has 0 aliphatic carbocycles. The van der Waals surface area contributed by atoms with Gasteiger partial charge >= 0.3 is 6.03 Å². The maximum Gasteiger partial charge on any atom is 0.323 e. The minimum Gasteiger partial charge on any atom is -0.492 e. The lowest BCUT2D eigenvalue weighted by atomic mass is 10.1. The first-order valence-electron chi connectivity index (χ1n) is 9.52. The molecule has 29 heavy (non-hydrogen) atoms. The molecular formula is C23H25N3O3. The number of pyridine rings is 1. The predicted octanol–water partition coefficient (Wildman–Crippen LogP) is 4.56. The average Bonchev–Trinajstić information content (AvgIpc) is 2.69. The van der Waals surface area contributed by atoms with Crippen molar-refractivity contribution in [3.8, 4) is 5.75 Å². The maximum atomic E-state index is 12.8. The van der Waals surface area contributed by atoms with E-state index in [4.69, 9.17) is 4.74 Å². The molecule has 0 unspecified atom stereocenters. The first kappa shape index (κ1) is 20.2. The van der Waals surface area contributed by atoms with Crippen LogP contribution in [0.15, 0.2) is 65.6 Å². The van der Waals surface area contributed by atoms with E-state index in [2.05, 4.69) is 10.6 Å². The average molecular weight is 391 g/mol. The van der Waals surface area contributed by atoms with Gasteiger partial charge < -0.3 is 19.9 Å². The van der Waals surface area contributed by atoms with E-state index in [0.29, 0.717) is 24.6 Å². The molecule has 0 bridgehead atoms. The van der Waals surface area contributed by atoms with Gasteiger partial charge in [0.15, 0.2) is 0 Å². The van der Waals surface area contributed by atoms with Gasteiger partial charge in [0, 0.05) is 6.20 Å². The van der Waals surface area contributed by atoms with Gasteiger partial charge in [0.1, 0.15) is 11.4 Å². The topological polar surface area (TPSA) is 72.4 Å². The van der Waals surface area contributed by atoms with E-state index in [1.165, 1.54) is 0 Å². The van der Waals surface area contributed by atoms with Crippen molar-refractivity contribution in [3.63, 3.8) is 0 Å². The van der Waals surface area contributed by atoms with Crippen LogP contribution in [0.25, 0.3) is 0 Å². The van der Waals surface area contributed by atoms with Gasteiger partial charge in [0.2, 0.25) is 0 Å². The number of anilines is 2. The lowest BCUT2D eigenvalue weighted by Gasteiger charge is -2.14. The molecule has 0 radical (unpaired) electrons. The van der Waals surface area contributed by atoms with Crippen molar-refractivity contribution < 1.29 is 9.53 Å². The normalized spacial score (nSPS) is 10.4. The molecule has 6 nitrogen and oxygen atoms in total. The Labute approximate surface area is 170 Å². The number of nitrogens with zero attached hydrogens (tertiary/aromatic N) is 1. The Hall–Kier alpha value is -3.54. The predicted molar refractivity (Wildman–Crippen MR) is 116 cm³/mol. The number of amides is 2. The number of rotatable bonds is 6. The lowest BCUT2D eigenvalue weighted by Crippen LogP contribution is -2.28. The first-order valence-corrected chi connectivity index (χ1v) is 9.52. The van der Waals surface area contributed by atoms with Crippen LogP contribution in [0.2, 0.25) is 0 Å². The van der Waals surface area contributed by atoms with Gasteiger partial charge in [-0.15, -0.1) is 0 Å². The molecule has 0 aliphatic rings. The molecule has 0 saturated carbocycles. The van der Waals surface area contributed by atoms with Gasteiger partial charge in [-0.25, -0.2) is 4.79 Å². The second-order valence-electron chi connectivity index (χ2n) is 6.86. The van der Waals surface area contributed by atoms with Gasteiger partial charge in [-0.2, -0.15) is 0 Å². The van der Waals surface area contributed by atoms with Gasteiger partial charge in [0.05, 0.1) is 18.8 Å². The largest absolute Gasteiger partial charge is 0.492 e. The molecule has 0 atom stereocenters. The molecule has 150 valence electrons. The van der Waals surface area contributed by atoms with Crippen LogP contribution in [0.1, 0.15) is 23.6 Å². The Morgan fingerprint density at radius 3 is 2.38 bits per heavy atom. The van der Waals surface area contributed by atoms with Crippen LogP contribution >= 0.6 is 0 Å². The number of urea groups is 1. The summed E-state index contributed by atoms with van der Waals surface area (Å²) in [5, 5.41) is 5.41. The standard InChI is InChI=1S/C23H25N3O3/c1-4-29-21-8-6-5-7-19(21)24-23(28)25-20-13-17(3)14-26(22(20)27)15-18-11-9-16(2)10-12-18/h5-14H,4,15H2,1-3H3,(H2,24,25,28). The van der Waals surface area contributed by atoms with E-state index >= 15 is 0 Å². The summed E-state index contributed by atoms with van der Waals surface area (Å²) in [7, 11) is 0. The van der Waals surface area contributed by atoms with E-state index < -0.39 is 6.03 Å². The van der Waals surface area contributed by atoms with E-state index in [-0.39, 0.29) is 11.2 Å². The SMILES string of the molecule is CCOc1ccccc1NC(=O)Nc1cc(C)cn(Cc2ccc(C)cc2)c1=O. The molecule has 1 heterocycles. The lowest BCUT2D eigenvalue weighted by molar-refractivity contribution is 0.262. The Balaban J connectivity index is 1.79. The zero-order chi connectivity index (χ0) is 20.8. The fraction of sp³-hybridized carbons (Fsp3) is 0.217. The molecular weight excluding hydrogens is 366 g/mol. The minimum atomic E-state index is -0.498. The number of ether oxygens (including phenoxy) is 1. The maximum absolute atomic E-state index is 12.8. The summed E-state index contributed by atoms with van der Waals surface area (Å²) in [6.07, 6.45) is 1.79. The van der Waals surface area contributed by atoms with Crippen LogP contribution in [0, 0.1) is 13.8 Å². The Morgan fingerprint density at radius 2 is 1.66 bits per heavy atom. The number of aryl methyl sites for hydroxylation is 2. The molecule has 0 spiro atoms. The van der Waals surface area contributed by atoms with E-state index in [1.807, 2.05) is 51.1 Å². The van der Waals surface area contributed by atoms with Crippen LogP contribution in [0.5, 0.6) is 5.75 Å². The number of carbonyl (C=O) groups excluding carboxylic acids is 1. The molecule has 3 aromatic rings. The first-order chi connectivity index (χ1) is 14.0. The second-order valence-corrected chi connectivity index (χ2v) is 6.86. The van der Waals surface area contributed by atoms with Crippen LogP contribution in [0.3, 0.4) is 0 Å². The molecule has 2 N–H and O–H groups in total. The van der Waals surface area contributed by atoms with Crippen LogP contribution in [-0.4, -0.2) is 17.2 Å². The van der Waals surface area contributed by atoms with Gasteiger partial charge in [-0.3, -0.25) is 4.79 Å². The summed E-state index contributed by atoms with van der Waals surface area (Å²) in [4.78, 5) is 25.3. The smallest absolute Gasteiger partial charge is 0.323 e. The molecule has 0 aliphatic heterocycles. The minimum absolute atomic E-state index is 0.225. The third kappa shape index (κ3) is 5.25. The van der Waals surface area contributed by atoms with Crippen molar-refractivity contribution in [3.05, 3.63) is 87.8 Å². The molecule has 2 aromatic carbocycles. The summed E-state index contributed by atoms with van der Waals surface area (Å²) < 4.78 is 7.12. The molecule has 1 aromatic heterocycles. The van der Waals surface area contributed by atoms with Crippen LogP contribution in [-0.2, 0) is 6.54 Å². The molecule has 0 saturated heterocycles. The Kier molecular flexibility index (Phi) is 6.34. The third-order valence-electron chi connectivity index (χ3n) is 4.38. The van der Waals surface area contributed by atoms with Crippen molar-refractivity contribution in [1.29, 1.82) is 0 Å². The molecule has 3 rings (SSSR count). The van der Waals surface area contributed by atoms with Gasteiger partial charge in [-0.05, 0) is 50.1 Å². The highest BCUT2D eigenvalue weighted by atomic mass is 16.5. The monoisotopic (exact) mass is 391 g/mol. The summed E-state index contributed by atoms with van der Waals surface area (Å²) in [5.74, 6) is 0.575. The quantitative estimate of drug-likeness (QED) is 0.647. The highest BCUT2D eigenvalue weighted by Crippen LogP contribution is 2.23. The number of hydrogen-bond acceptors (Lipinski definition) is 3. The van der Waals surface area contributed by atoms with Crippen LogP contribution < -0.4 is 20.9 Å². The Bertz CT molecular complexity index is 1060. The zero-order valence-electron chi connectivity index (χ0n) is 16.9.